The van der Waals surface area contributed by atoms with E-state index in [2.05, 4.69) is 71.7 Å². The van der Waals surface area contributed by atoms with Gasteiger partial charge in [-0.05, 0) is 54.9 Å². The largest absolute Gasteiger partial charge is 0.306 e. The lowest BCUT2D eigenvalue weighted by Crippen LogP contribution is -2.23. The van der Waals surface area contributed by atoms with E-state index in [0.29, 0.717) is 0 Å². The van der Waals surface area contributed by atoms with Gasteiger partial charge in [-0.25, -0.2) is 0 Å². The van der Waals surface area contributed by atoms with Gasteiger partial charge in [0, 0.05) is 9.35 Å². The Morgan fingerprint density at radius 2 is 2.00 bits per heavy atom. The van der Waals surface area contributed by atoms with Crippen LogP contribution in [0.4, 0.5) is 0 Å². The molecule has 0 aliphatic rings. The zero-order valence-electron chi connectivity index (χ0n) is 11.7. The van der Waals surface area contributed by atoms with Crippen molar-refractivity contribution in [2.24, 2.45) is 0 Å². The fourth-order valence-electron chi connectivity index (χ4n) is 2.21. The number of nitrogens with one attached hydrogen (secondary N) is 1. The highest BCUT2D eigenvalue weighted by molar-refractivity contribution is 9.10. The maximum atomic E-state index is 3.75. The molecule has 1 N–H and O–H groups in total. The summed E-state index contributed by atoms with van der Waals surface area (Å²) in [4.78, 5) is 1.42. The Morgan fingerprint density at radius 3 is 2.63 bits per heavy atom. The highest BCUT2D eigenvalue weighted by Gasteiger charge is 2.19. The van der Waals surface area contributed by atoms with Gasteiger partial charge in [0.1, 0.15) is 0 Å². The molecule has 1 unspecified atom stereocenters. The van der Waals surface area contributed by atoms with Gasteiger partial charge in [-0.2, -0.15) is 0 Å². The molecule has 0 saturated carbocycles. The fourth-order valence-corrected chi connectivity index (χ4v) is 3.72. The second-order valence-corrected chi connectivity index (χ2v) is 6.57. The molecular formula is C16H20BrNS. The molecule has 19 heavy (non-hydrogen) atoms. The highest BCUT2D eigenvalue weighted by atomic mass is 79.9. The van der Waals surface area contributed by atoms with Gasteiger partial charge >= 0.3 is 0 Å². The first kappa shape index (κ1) is 14.8. The van der Waals surface area contributed by atoms with E-state index < -0.39 is 0 Å². The minimum Gasteiger partial charge on any atom is -0.306 e. The summed E-state index contributed by atoms with van der Waals surface area (Å²) in [6.45, 7) is 7.57. The average molecular weight is 338 g/mol. The zero-order valence-corrected chi connectivity index (χ0v) is 14.1. The van der Waals surface area contributed by atoms with Crippen LogP contribution in [0, 0.1) is 13.8 Å². The molecule has 2 rings (SSSR count). The summed E-state index contributed by atoms with van der Waals surface area (Å²) in [5.74, 6) is 0. The van der Waals surface area contributed by atoms with Crippen LogP contribution < -0.4 is 5.32 Å². The van der Waals surface area contributed by atoms with E-state index >= 15 is 0 Å². The SMILES string of the molecule is CCCNC(c1cccc(C)c1Br)c1sccc1C. The molecule has 0 fully saturated rings. The number of thiophene rings is 1. The Bertz CT molecular complexity index is 547. The summed E-state index contributed by atoms with van der Waals surface area (Å²) in [7, 11) is 0. The van der Waals surface area contributed by atoms with Crippen molar-refractivity contribution in [1.29, 1.82) is 0 Å². The first-order valence-corrected chi connectivity index (χ1v) is 8.34. The van der Waals surface area contributed by atoms with E-state index in [9.17, 15) is 0 Å². The number of halogens is 1. The summed E-state index contributed by atoms with van der Waals surface area (Å²) in [5, 5.41) is 5.85. The van der Waals surface area contributed by atoms with Crippen molar-refractivity contribution in [3.8, 4) is 0 Å². The van der Waals surface area contributed by atoms with Crippen molar-refractivity contribution in [2.75, 3.05) is 6.54 Å². The van der Waals surface area contributed by atoms with Crippen LogP contribution in [0.5, 0.6) is 0 Å². The molecule has 3 heteroatoms. The van der Waals surface area contributed by atoms with Crippen molar-refractivity contribution in [3.05, 3.63) is 55.7 Å². The van der Waals surface area contributed by atoms with Crippen LogP contribution in [0.2, 0.25) is 0 Å². The van der Waals surface area contributed by atoms with E-state index in [-0.39, 0.29) is 6.04 Å². The van der Waals surface area contributed by atoms with Crippen molar-refractivity contribution in [1.82, 2.24) is 5.32 Å². The molecular weight excluding hydrogens is 318 g/mol. The molecule has 1 atom stereocenters. The Balaban J connectivity index is 2.43. The Morgan fingerprint density at radius 1 is 1.21 bits per heavy atom. The average Bonchev–Trinajstić information content (AvgIpc) is 2.81. The summed E-state index contributed by atoms with van der Waals surface area (Å²) in [6.07, 6.45) is 1.14. The quantitative estimate of drug-likeness (QED) is 0.788. The third-order valence-electron chi connectivity index (χ3n) is 3.30. The van der Waals surface area contributed by atoms with Crippen molar-refractivity contribution >= 4 is 27.3 Å². The molecule has 1 aromatic carbocycles. The van der Waals surface area contributed by atoms with Crippen LogP contribution >= 0.6 is 27.3 Å². The monoisotopic (exact) mass is 337 g/mol. The fraction of sp³-hybridized carbons (Fsp3) is 0.375. The molecule has 0 radical (unpaired) electrons. The molecule has 0 spiro atoms. The lowest BCUT2D eigenvalue weighted by molar-refractivity contribution is 0.602. The Labute approximate surface area is 128 Å². The van der Waals surface area contributed by atoms with Crippen molar-refractivity contribution in [2.45, 2.75) is 33.2 Å². The van der Waals surface area contributed by atoms with Gasteiger partial charge in [-0.15, -0.1) is 11.3 Å². The van der Waals surface area contributed by atoms with E-state index in [4.69, 9.17) is 0 Å². The molecule has 0 bridgehead atoms. The molecule has 0 aliphatic carbocycles. The van der Waals surface area contributed by atoms with Gasteiger partial charge in [0.15, 0.2) is 0 Å². The van der Waals surface area contributed by atoms with Crippen molar-refractivity contribution < 1.29 is 0 Å². The topological polar surface area (TPSA) is 12.0 Å². The number of hydrogen-bond acceptors (Lipinski definition) is 2. The Kier molecular flexibility index (Phi) is 5.20. The molecule has 102 valence electrons. The maximum Gasteiger partial charge on any atom is 0.0684 e. The lowest BCUT2D eigenvalue weighted by atomic mass is 10.0. The summed E-state index contributed by atoms with van der Waals surface area (Å²) < 4.78 is 1.22. The van der Waals surface area contributed by atoms with Crippen molar-refractivity contribution in [3.63, 3.8) is 0 Å². The molecule has 1 heterocycles. The van der Waals surface area contributed by atoms with Gasteiger partial charge in [0.2, 0.25) is 0 Å². The molecule has 0 amide bonds. The maximum absolute atomic E-state index is 3.75. The van der Waals surface area contributed by atoms with E-state index in [1.165, 1.54) is 26.0 Å². The minimum atomic E-state index is 0.286. The predicted octanol–water partition coefficient (Wildman–Crippen LogP) is 5.22. The van der Waals surface area contributed by atoms with Crippen LogP contribution in [0.25, 0.3) is 0 Å². The highest BCUT2D eigenvalue weighted by Crippen LogP contribution is 2.34. The summed E-state index contributed by atoms with van der Waals surface area (Å²) in [5.41, 5.74) is 3.99. The van der Waals surface area contributed by atoms with Gasteiger partial charge in [-0.3, -0.25) is 0 Å². The third-order valence-corrected chi connectivity index (χ3v) is 5.46. The van der Waals surface area contributed by atoms with Gasteiger partial charge in [-0.1, -0.05) is 41.1 Å². The Hall–Kier alpha value is -0.640. The van der Waals surface area contributed by atoms with E-state index in [1.54, 1.807) is 0 Å². The first-order valence-electron chi connectivity index (χ1n) is 6.67. The molecule has 0 saturated heterocycles. The third kappa shape index (κ3) is 3.28. The normalized spacial score (nSPS) is 12.6. The molecule has 1 aromatic heterocycles. The number of rotatable bonds is 5. The van der Waals surface area contributed by atoms with Crippen LogP contribution in [-0.4, -0.2) is 6.54 Å². The predicted molar refractivity (Wildman–Crippen MR) is 88.1 cm³/mol. The second kappa shape index (κ2) is 6.69. The molecule has 0 aliphatic heterocycles. The van der Waals surface area contributed by atoms with Crippen LogP contribution in [0.15, 0.2) is 34.1 Å². The van der Waals surface area contributed by atoms with Gasteiger partial charge in [0.25, 0.3) is 0 Å². The van der Waals surface area contributed by atoms with Gasteiger partial charge < -0.3 is 5.32 Å². The van der Waals surface area contributed by atoms with Crippen LogP contribution in [-0.2, 0) is 0 Å². The molecule has 2 aromatic rings. The molecule has 1 nitrogen and oxygen atoms in total. The number of aryl methyl sites for hydroxylation is 2. The first-order chi connectivity index (χ1) is 9.15. The van der Waals surface area contributed by atoms with E-state index in [1.807, 2.05) is 11.3 Å². The van der Waals surface area contributed by atoms with Crippen LogP contribution in [0.3, 0.4) is 0 Å². The van der Waals surface area contributed by atoms with E-state index in [0.717, 1.165) is 13.0 Å². The summed E-state index contributed by atoms with van der Waals surface area (Å²) >= 11 is 5.58. The second-order valence-electron chi connectivity index (χ2n) is 4.83. The lowest BCUT2D eigenvalue weighted by Gasteiger charge is -2.21. The minimum absolute atomic E-state index is 0.286. The number of benzene rings is 1. The zero-order chi connectivity index (χ0) is 13.8. The van der Waals surface area contributed by atoms with Gasteiger partial charge in [0.05, 0.1) is 6.04 Å². The smallest absolute Gasteiger partial charge is 0.0684 e. The summed E-state index contributed by atoms with van der Waals surface area (Å²) in [6, 6.07) is 8.98. The standard InChI is InChI=1S/C16H20BrNS/c1-4-9-18-15(16-12(3)8-10-19-16)13-7-5-6-11(2)14(13)17/h5-8,10,15,18H,4,9H2,1-3H3. The number of hydrogen-bond donors (Lipinski definition) is 1. The van der Waals surface area contributed by atoms with Crippen LogP contribution in [0.1, 0.15) is 41.0 Å².